The number of hydrogen-bond acceptors (Lipinski definition) is 4. The largest absolute Gasteiger partial charge is 0.395 e. The molecule has 0 bridgehead atoms. The number of carbonyl (C=O) groups is 1. The lowest BCUT2D eigenvalue weighted by atomic mass is 10.3. The van der Waals surface area contributed by atoms with Gasteiger partial charge in [-0.3, -0.25) is 4.79 Å². The van der Waals surface area contributed by atoms with E-state index < -0.39 is 0 Å². The minimum atomic E-state index is 0.00134. The zero-order valence-electron chi connectivity index (χ0n) is 8.42. The molecule has 1 fully saturated rings. The number of hydrogen-bond donors (Lipinski definition) is 1. The number of thiophene rings is 1. The molecule has 1 aliphatic rings. The Kier molecular flexibility index (Phi) is 3.33. The summed E-state index contributed by atoms with van der Waals surface area (Å²) in [6.07, 6.45) is 0. The Morgan fingerprint density at radius 2 is 2.40 bits per heavy atom. The number of aliphatic hydroxyl groups excluding tert-OH is 1. The van der Waals surface area contributed by atoms with Crippen LogP contribution in [-0.2, 0) is 4.79 Å². The molecule has 2 heterocycles. The number of carbonyl (C=O) groups excluding carboxylic acids is 1. The van der Waals surface area contributed by atoms with Gasteiger partial charge in [-0.25, -0.2) is 0 Å². The average Bonchev–Trinajstić information content (AvgIpc) is 2.81. The van der Waals surface area contributed by atoms with Crippen LogP contribution in [-0.4, -0.2) is 34.3 Å². The van der Waals surface area contributed by atoms with Crippen molar-refractivity contribution < 1.29 is 9.90 Å². The second-order valence-corrected chi connectivity index (χ2v) is 5.65. The molecule has 0 radical (unpaired) electrons. The van der Waals surface area contributed by atoms with E-state index in [4.69, 9.17) is 5.11 Å². The van der Waals surface area contributed by atoms with Gasteiger partial charge in [0.25, 0.3) is 0 Å². The van der Waals surface area contributed by atoms with Gasteiger partial charge in [0.1, 0.15) is 5.37 Å². The minimum absolute atomic E-state index is 0.00134. The van der Waals surface area contributed by atoms with Crippen molar-refractivity contribution in [2.45, 2.75) is 17.5 Å². The molecule has 82 valence electrons. The first kappa shape index (κ1) is 11.0. The van der Waals surface area contributed by atoms with E-state index in [0.29, 0.717) is 6.54 Å². The van der Waals surface area contributed by atoms with Crippen LogP contribution in [0.5, 0.6) is 0 Å². The normalized spacial score (nSPS) is 26.3. The first-order chi connectivity index (χ1) is 7.24. The Morgan fingerprint density at radius 3 is 3.00 bits per heavy atom. The van der Waals surface area contributed by atoms with Crippen molar-refractivity contribution in [1.29, 1.82) is 0 Å². The number of amides is 1. The number of thioether (sulfide) groups is 1. The van der Waals surface area contributed by atoms with Crippen molar-refractivity contribution in [3.8, 4) is 0 Å². The highest BCUT2D eigenvalue weighted by Gasteiger charge is 2.37. The Labute approximate surface area is 97.1 Å². The second kappa shape index (κ2) is 4.55. The van der Waals surface area contributed by atoms with Crippen LogP contribution in [0.4, 0.5) is 0 Å². The van der Waals surface area contributed by atoms with Gasteiger partial charge in [-0.15, -0.1) is 11.8 Å². The summed E-state index contributed by atoms with van der Waals surface area (Å²) in [4.78, 5) is 13.6. The highest BCUT2D eigenvalue weighted by Crippen LogP contribution is 2.43. The van der Waals surface area contributed by atoms with E-state index in [1.54, 1.807) is 28.0 Å². The van der Waals surface area contributed by atoms with Crippen LogP contribution >= 0.6 is 23.1 Å². The number of β-amino-alcohol motifs (C(OH)–C–C–N with tert-alkyl or cyclic N) is 1. The molecule has 1 aromatic rings. The maximum Gasteiger partial charge on any atom is 0.236 e. The fraction of sp³-hybridized carbons (Fsp3) is 0.500. The lowest BCUT2D eigenvalue weighted by Crippen LogP contribution is -2.32. The van der Waals surface area contributed by atoms with Crippen LogP contribution in [0.1, 0.15) is 17.9 Å². The van der Waals surface area contributed by atoms with Crippen LogP contribution in [0.15, 0.2) is 16.8 Å². The van der Waals surface area contributed by atoms with Gasteiger partial charge in [0.2, 0.25) is 5.91 Å². The smallest absolute Gasteiger partial charge is 0.236 e. The molecule has 0 unspecified atom stereocenters. The fourth-order valence-corrected chi connectivity index (χ4v) is 3.75. The predicted octanol–water partition coefficient (Wildman–Crippen LogP) is 1.70. The van der Waals surface area contributed by atoms with Crippen molar-refractivity contribution in [2.75, 3.05) is 13.2 Å². The van der Waals surface area contributed by atoms with E-state index in [2.05, 4.69) is 5.38 Å². The SMILES string of the molecule is C[C@@H]1S[C@@H](c2ccsc2)N(CCO)C1=O. The van der Waals surface area contributed by atoms with Crippen molar-refractivity contribution in [2.24, 2.45) is 0 Å². The molecular formula is C10H13NO2S2. The topological polar surface area (TPSA) is 40.5 Å². The fourth-order valence-electron chi connectivity index (χ4n) is 1.68. The van der Waals surface area contributed by atoms with E-state index >= 15 is 0 Å². The summed E-state index contributed by atoms with van der Waals surface area (Å²) < 4.78 is 0. The molecule has 0 aromatic carbocycles. The molecule has 1 aliphatic heterocycles. The van der Waals surface area contributed by atoms with Gasteiger partial charge in [0, 0.05) is 6.54 Å². The summed E-state index contributed by atoms with van der Waals surface area (Å²) in [5.74, 6) is 0.130. The Bertz CT molecular complexity index is 339. The highest BCUT2D eigenvalue weighted by atomic mass is 32.2. The minimum Gasteiger partial charge on any atom is -0.395 e. The summed E-state index contributed by atoms with van der Waals surface area (Å²) in [5, 5.41) is 13.1. The van der Waals surface area contributed by atoms with Crippen molar-refractivity contribution in [1.82, 2.24) is 4.90 Å². The molecule has 5 heteroatoms. The van der Waals surface area contributed by atoms with Crippen molar-refractivity contribution in [3.63, 3.8) is 0 Å². The molecule has 0 aliphatic carbocycles. The Hall–Kier alpha value is -0.520. The van der Waals surface area contributed by atoms with Gasteiger partial charge in [-0.05, 0) is 29.3 Å². The third-order valence-corrected chi connectivity index (χ3v) is 4.51. The molecule has 1 N–H and O–H groups in total. The van der Waals surface area contributed by atoms with Crippen LogP contribution in [0, 0.1) is 0 Å². The van der Waals surface area contributed by atoms with Crippen molar-refractivity contribution >= 4 is 29.0 Å². The van der Waals surface area contributed by atoms with Gasteiger partial charge in [-0.2, -0.15) is 11.3 Å². The van der Waals surface area contributed by atoms with Crippen molar-refractivity contribution in [3.05, 3.63) is 22.4 Å². The van der Waals surface area contributed by atoms with E-state index in [9.17, 15) is 4.79 Å². The summed E-state index contributed by atoms with van der Waals surface area (Å²) in [6, 6.07) is 2.04. The second-order valence-electron chi connectivity index (χ2n) is 3.44. The standard InChI is InChI=1S/C10H13NO2S2/c1-7-9(13)11(3-4-12)10(15-7)8-2-5-14-6-8/h2,5-7,10,12H,3-4H2,1H3/t7-,10-/m0/s1. The predicted molar refractivity (Wildman–Crippen MR) is 62.9 cm³/mol. The lowest BCUT2D eigenvalue weighted by Gasteiger charge is -2.22. The van der Waals surface area contributed by atoms with E-state index in [1.807, 2.05) is 18.4 Å². The molecule has 2 atom stereocenters. The monoisotopic (exact) mass is 243 g/mol. The maximum atomic E-state index is 11.8. The van der Waals surface area contributed by atoms with Crippen LogP contribution in [0.25, 0.3) is 0 Å². The van der Waals surface area contributed by atoms with Crippen LogP contribution in [0.2, 0.25) is 0 Å². The first-order valence-electron chi connectivity index (χ1n) is 4.83. The third-order valence-electron chi connectivity index (χ3n) is 2.42. The quantitative estimate of drug-likeness (QED) is 0.878. The van der Waals surface area contributed by atoms with Gasteiger partial charge >= 0.3 is 0 Å². The molecular weight excluding hydrogens is 230 g/mol. The number of aliphatic hydroxyl groups is 1. The van der Waals surface area contributed by atoms with E-state index in [1.165, 1.54) is 0 Å². The van der Waals surface area contributed by atoms with Gasteiger partial charge in [0.05, 0.1) is 11.9 Å². The molecule has 1 saturated heterocycles. The van der Waals surface area contributed by atoms with Gasteiger partial charge in [0.15, 0.2) is 0 Å². The Morgan fingerprint density at radius 1 is 1.60 bits per heavy atom. The summed E-state index contributed by atoms with van der Waals surface area (Å²) in [7, 11) is 0. The zero-order chi connectivity index (χ0) is 10.8. The summed E-state index contributed by atoms with van der Waals surface area (Å²) in [6.45, 7) is 2.38. The Balaban J connectivity index is 2.20. The van der Waals surface area contributed by atoms with Crippen LogP contribution < -0.4 is 0 Å². The molecule has 3 nitrogen and oxygen atoms in total. The average molecular weight is 243 g/mol. The molecule has 15 heavy (non-hydrogen) atoms. The molecule has 0 spiro atoms. The molecule has 0 saturated carbocycles. The summed E-state index contributed by atoms with van der Waals surface area (Å²) in [5.41, 5.74) is 1.16. The maximum absolute atomic E-state index is 11.8. The summed E-state index contributed by atoms with van der Waals surface area (Å²) >= 11 is 3.29. The zero-order valence-corrected chi connectivity index (χ0v) is 10.1. The molecule has 1 aromatic heterocycles. The van der Waals surface area contributed by atoms with Gasteiger partial charge < -0.3 is 10.0 Å². The first-order valence-corrected chi connectivity index (χ1v) is 6.71. The number of nitrogens with zero attached hydrogens (tertiary/aromatic N) is 1. The lowest BCUT2D eigenvalue weighted by molar-refractivity contribution is -0.130. The molecule has 2 rings (SSSR count). The van der Waals surface area contributed by atoms with E-state index in [0.717, 1.165) is 5.56 Å². The van der Waals surface area contributed by atoms with Gasteiger partial charge in [-0.1, -0.05) is 0 Å². The van der Waals surface area contributed by atoms with E-state index in [-0.39, 0.29) is 23.1 Å². The molecule has 1 amide bonds. The third kappa shape index (κ3) is 2.04. The highest BCUT2D eigenvalue weighted by molar-refractivity contribution is 8.01. The number of rotatable bonds is 3. The van der Waals surface area contributed by atoms with Crippen LogP contribution in [0.3, 0.4) is 0 Å².